The predicted molar refractivity (Wildman–Crippen MR) is 72.5 cm³/mol. The average Bonchev–Trinajstić information content (AvgIpc) is 2.82. The molecule has 0 atom stereocenters. The summed E-state index contributed by atoms with van der Waals surface area (Å²) in [6.07, 6.45) is 0. The minimum Gasteiger partial charge on any atom is -0.389 e. The van der Waals surface area contributed by atoms with Crippen LogP contribution in [-0.2, 0) is 6.54 Å². The summed E-state index contributed by atoms with van der Waals surface area (Å²) in [5.41, 5.74) is 6.72. The Morgan fingerprint density at radius 3 is 2.53 bits per heavy atom. The zero-order valence-electron chi connectivity index (χ0n) is 10.2. The van der Waals surface area contributed by atoms with Crippen molar-refractivity contribution in [3.8, 4) is 0 Å². The van der Waals surface area contributed by atoms with Gasteiger partial charge in [-0.2, -0.15) is 4.98 Å². The van der Waals surface area contributed by atoms with Crippen molar-refractivity contribution >= 4 is 23.1 Å². The Morgan fingerprint density at radius 1 is 1.37 bits per heavy atom. The topological polar surface area (TPSA) is 94.0 Å². The molecule has 0 saturated heterocycles. The van der Waals surface area contributed by atoms with E-state index in [4.69, 9.17) is 22.5 Å². The van der Waals surface area contributed by atoms with Crippen molar-refractivity contribution in [3.05, 3.63) is 47.1 Å². The highest BCUT2D eigenvalue weighted by atomic mass is 32.1. The van der Waals surface area contributed by atoms with E-state index in [1.54, 1.807) is 31.2 Å². The Balaban J connectivity index is 1.98. The van der Waals surface area contributed by atoms with E-state index in [2.05, 4.69) is 15.5 Å². The first-order chi connectivity index (χ1) is 9.06. The van der Waals surface area contributed by atoms with Crippen LogP contribution >= 0.6 is 12.2 Å². The number of rotatable bonds is 4. The third-order valence-electron chi connectivity index (χ3n) is 2.41. The fraction of sp³-hybridized carbons (Fsp3) is 0.167. The highest BCUT2D eigenvalue weighted by Crippen LogP contribution is 2.05. The van der Waals surface area contributed by atoms with Crippen molar-refractivity contribution in [2.75, 3.05) is 0 Å². The van der Waals surface area contributed by atoms with Crippen LogP contribution < -0.4 is 11.1 Å². The summed E-state index contributed by atoms with van der Waals surface area (Å²) in [6, 6.07) is 6.72. The van der Waals surface area contributed by atoms with Gasteiger partial charge in [-0.3, -0.25) is 4.79 Å². The lowest BCUT2D eigenvalue weighted by Gasteiger charge is -2.03. The van der Waals surface area contributed by atoms with E-state index in [0.717, 1.165) is 5.56 Å². The maximum atomic E-state index is 11.8. The number of hydrogen-bond donors (Lipinski definition) is 2. The van der Waals surface area contributed by atoms with Crippen LogP contribution in [0.5, 0.6) is 0 Å². The van der Waals surface area contributed by atoms with Crippen molar-refractivity contribution in [3.63, 3.8) is 0 Å². The van der Waals surface area contributed by atoms with Crippen molar-refractivity contribution in [2.24, 2.45) is 5.73 Å². The summed E-state index contributed by atoms with van der Waals surface area (Å²) < 4.78 is 4.80. The Labute approximate surface area is 115 Å². The molecule has 0 aliphatic heterocycles. The molecular weight excluding hydrogens is 264 g/mol. The number of carbonyl (C=O) groups excluding carboxylic acids is 1. The van der Waals surface area contributed by atoms with Crippen molar-refractivity contribution in [1.29, 1.82) is 0 Å². The number of carbonyl (C=O) groups is 1. The quantitative estimate of drug-likeness (QED) is 0.807. The number of nitrogens with zero attached hydrogens (tertiary/aromatic N) is 2. The van der Waals surface area contributed by atoms with Gasteiger partial charge in [-0.25, -0.2) is 0 Å². The van der Waals surface area contributed by atoms with Gasteiger partial charge in [0.05, 0.1) is 6.54 Å². The second-order valence-corrected chi connectivity index (χ2v) is 4.29. The van der Waals surface area contributed by atoms with Crippen LogP contribution in [0.15, 0.2) is 28.8 Å². The van der Waals surface area contributed by atoms with Gasteiger partial charge in [0.15, 0.2) is 5.82 Å². The van der Waals surface area contributed by atoms with E-state index in [1.165, 1.54) is 0 Å². The number of thiocarbonyl (C=S) groups is 1. The van der Waals surface area contributed by atoms with E-state index >= 15 is 0 Å². The molecule has 0 spiro atoms. The minimum atomic E-state index is -0.225. The van der Waals surface area contributed by atoms with Crippen LogP contribution in [-0.4, -0.2) is 21.0 Å². The standard InChI is InChI=1S/C12H12N4O2S/c1-7-15-10(16-18-7)6-14-12(17)9-4-2-8(3-5-9)11(13)19/h2-5H,6H2,1H3,(H2,13,19)(H,14,17). The van der Waals surface area contributed by atoms with Gasteiger partial charge in [0.2, 0.25) is 5.89 Å². The van der Waals surface area contributed by atoms with Crippen molar-refractivity contribution in [2.45, 2.75) is 13.5 Å². The Morgan fingerprint density at radius 2 is 2.00 bits per heavy atom. The van der Waals surface area contributed by atoms with Gasteiger partial charge >= 0.3 is 0 Å². The van der Waals surface area contributed by atoms with Crippen LogP contribution in [0.4, 0.5) is 0 Å². The number of amides is 1. The SMILES string of the molecule is Cc1nc(CNC(=O)c2ccc(C(N)=S)cc2)no1. The molecule has 19 heavy (non-hydrogen) atoms. The lowest BCUT2D eigenvalue weighted by molar-refractivity contribution is 0.0949. The van der Waals surface area contributed by atoms with E-state index < -0.39 is 0 Å². The number of hydrogen-bond acceptors (Lipinski definition) is 5. The molecule has 7 heteroatoms. The van der Waals surface area contributed by atoms with E-state index in [1.807, 2.05) is 0 Å². The molecule has 1 amide bonds. The molecule has 0 saturated carbocycles. The largest absolute Gasteiger partial charge is 0.389 e. The second-order valence-electron chi connectivity index (χ2n) is 3.85. The zero-order valence-corrected chi connectivity index (χ0v) is 11.0. The zero-order chi connectivity index (χ0) is 13.8. The number of aryl methyl sites for hydroxylation is 1. The minimum absolute atomic E-state index is 0.216. The molecule has 0 radical (unpaired) electrons. The molecule has 1 aromatic carbocycles. The third kappa shape index (κ3) is 3.35. The maximum absolute atomic E-state index is 11.8. The summed E-state index contributed by atoms with van der Waals surface area (Å²) >= 11 is 4.84. The summed E-state index contributed by atoms with van der Waals surface area (Å²) in [5.74, 6) is 0.674. The predicted octanol–water partition coefficient (Wildman–Crippen LogP) is 0.942. The highest BCUT2D eigenvalue weighted by Gasteiger charge is 2.08. The van der Waals surface area contributed by atoms with Crippen LogP contribution in [0.3, 0.4) is 0 Å². The van der Waals surface area contributed by atoms with Crippen molar-refractivity contribution < 1.29 is 9.32 Å². The fourth-order valence-corrected chi connectivity index (χ4v) is 1.60. The molecule has 6 nitrogen and oxygen atoms in total. The molecule has 0 aliphatic carbocycles. The third-order valence-corrected chi connectivity index (χ3v) is 2.64. The number of nitrogens with one attached hydrogen (secondary N) is 1. The van der Waals surface area contributed by atoms with Gasteiger partial charge < -0.3 is 15.6 Å². The molecule has 0 unspecified atom stereocenters. The van der Waals surface area contributed by atoms with Gasteiger partial charge in [-0.05, 0) is 12.1 Å². The molecule has 1 heterocycles. The smallest absolute Gasteiger partial charge is 0.251 e. The summed E-state index contributed by atoms with van der Waals surface area (Å²) in [6.45, 7) is 1.90. The first kappa shape index (κ1) is 13.2. The lowest BCUT2D eigenvalue weighted by atomic mass is 10.1. The van der Waals surface area contributed by atoms with Gasteiger partial charge in [-0.1, -0.05) is 29.5 Å². The number of aromatic nitrogens is 2. The Kier molecular flexibility index (Phi) is 3.86. The first-order valence-corrected chi connectivity index (χ1v) is 5.94. The monoisotopic (exact) mass is 276 g/mol. The van der Waals surface area contributed by atoms with Gasteiger partial charge in [0, 0.05) is 18.1 Å². The molecule has 1 aromatic heterocycles. The van der Waals surface area contributed by atoms with Gasteiger partial charge in [-0.15, -0.1) is 0 Å². The summed E-state index contributed by atoms with van der Waals surface area (Å²) in [7, 11) is 0. The van der Waals surface area contributed by atoms with Gasteiger partial charge in [0.1, 0.15) is 4.99 Å². The van der Waals surface area contributed by atoms with E-state index in [-0.39, 0.29) is 12.5 Å². The van der Waals surface area contributed by atoms with E-state index in [0.29, 0.717) is 22.3 Å². The number of benzene rings is 1. The van der Waals surface area contributed by atoms with Crippen LogP contribution in [0.25, 0.3) is 0 Å². The normalized spacial score (nSPS) is 10.2. The van der Waals surface area contributed by atoms with Crippen LogP contribution in [0.1, 0.15) is 27.6 Å². The van der Waals surface area contributed by atoms with E-state index in [9.17, 15) is 4.79 Å². The number of nitrogens with two attached hydrogens (primary N) is 1. The molecule has 0 fully saturated rings. The van der Waals surface area contributed by atoms with Crippen molar-refractivity contribution in [1.82, 2.24) is 15.5 Å². The molecule has 98 valence electrons. The second kappa shape index (κ2) is 5.57. The molecule has 2 rings (SSSR count). The Hall–Kier alpha value is -2.28. The molecule has 0 aliphatic rings. The molecular formula is C12H12N4O2S. The Bertz CT molecular complexity index is 606. The molecule has 2 aromatic rings. The van der Waals surface area contributed by atoms with Crippen LogP contribution in [0, 0.1) is 6.92 Å². The maximum Gasteiger partial charge on any atom is 0.251 e. The summed E-state index contributed by atoms with van der Waals surface area (Å²) in [5, 5.41) is 6.37. The van der Waals surface area contributed by atoms with Gasteiger partial charge in [0.25, 0.3) is 5.91 Å². The van der Waals surface area contributed by atoms with Crippen LogP contribution in [0.2, 0.25) is 0 Å². The fourth-order valence-electron chi connectivity index (χ4n) is 1.46. The first-order valence-electron chi connectivity index (χ1n) is 5.53. The average molecular weight is 276 g/mol. The molecule has 0 bridgehead atoms. The summed E-state index contributed by atoms with van der Waals surface area (Å²) in [4.78, 5) is 16.1. The lowest BCUT2D eigenvalue weighted by Crippen LogP contribution is -2.23. The molecule has 3 N–H and O–H groups in total. The highest BCUT2D eigenvalue weighted by molar-refractivity contribution is 7.80.